The van der Waals surface area contributed by atoms with Crippen molar-refractivity contribution in [3.05, 3.63) is 25.3 Å². The summed E-state index contributed by atoms with van der Waals surface area (Å²) in [6, 6.07) is 0. The first-order valence-electron chi connectivity index (χ1n) is 4.18. The lowest BCUT2D eigenvalue weighted by Crippen LogP contribution is -2.03. The SMILES string of the molecule is C=CC.C=CC.OCCOCCO. The minimum atomic E-state index is 0.0278. The summed E-state index contributed by atoms with van der Waals surface area (Å²) in [5, 5.41) is 16.2. The highest BCUT2D eigenvalue weighted by molar-refractivity contribution is 4.51. The Labute approximate surface area is 81.4 Å². The van der Waals surface area contributed by atoms with Crippen molar-refractivity contribution >= 4 is 0 Å². The summed E-state index contributed by atoms with van der Waals surface area (Å²) in [5.41, 5.74) is 0. The Bertz CT molecular complexity index is 72.2. The van der Waals surface area contributed by atoms with Gasteiger partial charge in [0, 0.05) is 0 Å². The van der Waals surface area contributed by atoms with Gasteiger partial charge in [-0.1, -0.05) is 12.2 Å². The molecule has 0 aromatic heterocycles. The summed E-state index contributed by atoms with van der Waals surface area (Å²) in [7, 11) is 0. The van der Waals surface area contributed by atoms with Gasteiger partial charge in [-0.2, -0.15) is 0 Å². The molecule has 0 aliphatic rings. The zero-order valence-electron chi connectivity index (χ0n) is 8.70. The quantitative estimate of drug-likeness (QED) is 0.520. The first-order valence-corrected chi connectivity index (χ1v) is 4.18. The molecule has 13 heavy (non-hydrogen) atoms. The number of aliphatic hydroxyl groups excluding tert-OH is 2. The van der Waals surface area contributed by atoms with Crippen LogP contribution in [0.2, 0.25) is 0 Å². The molecule has 0 radical (unpaired) electrons. The maximum absolute atomic E-state index is 8.09. The molecule has 0 spiro atoms. The van der Waals surface area contributed by atoms with Crippen LogP contribution < -0.4 is 0 Å². The molecule has 0 aromatic carbocycles. The molecule has 0 saturated heterocycles. The van der Waals surface area contributed by atoms with Crippen LogP contribution in [0.3, 0.4) is 0 Å². The van der Waals surface area contributed by atoms with E-state index >= 15 is 0 Å². The highest BCUT2D eigenvalue weighted by atomic mass is 16.5. The van der Waals surface area contributed by atoms with Gasteiger partial charge < -0.3 is 14.9 Å². The van der Waals surface area contributed by atoms with Crippen molar-refractivity contribution in [1.29, 1.82) is 0 Å². The summed E-state index contributed by atoms with van der Waals surface area (Å²) in [5.74, 6) is 0. The van der Waals surface area contributed by atoms with Crippen LogP contribution >= 0.6 is 0 Å². The largest absolute Gasteiger partial charge is 0.394 e. The molecule has 0 rings (SSSR count). The Balaban J connectivity index is -0.000000140. The van der Waals surface area contributed by atoms with Crippen LogP contribution in [-0.2, 0) is 4.74 Å². The predicted octanol–water partition coefficient (Wildman–Crippen LogP) is 1.37. The van der Waals surface area contributed by atoms with E-state index in [0.717, 1.165) is 0 Å². The summed E-state index contributed by atoms with van der Waals surface area (Å²) in [4.78, 5) is 0. The average Bonchev–Trinajstić information content (AvgIpc) is 2.08. The van der Waals surface area contributed by atoms with Gasteiger partial charge >= 0.3 is 0 Å². The van der Waals surface area contributed by atoms with Crippen molar-refractivity contribution < 1.29 is 14.9 Å². The van der Waals surface area contributed by atoms with Gasteiger partial charge in [-0.25, -0.2) is 0 Å². The summed E-state index contributed by atoms with van der Waals surface area (Å²) >= 11 is 0. The third-order valence-electron chi connectivity index (χ3n) is 0.471. The third-order valence-corrected chi connectivity index (χ3v) is 0.471. The Morgan fingerprint density at radius 3 is 1.38 bits per heavy atom. The van der Waals surface area contributed by atoms with E-state index in [1.54, 1.807) is 12.2 Å². The van der Waals surface area contributed by atoms with Crippen molar-refractivity contribution in [2.45, 2.75) is 13.8 Å². The molecular formula is C10H22O3. The molecular weight excluding hydrogens is 168 g/mol. The fourth-order valence-corrected chi connectivity index (χ4v) is 0.231. The summed E-state index contributed by atoms with van der Waals surface area (Å²) < 4.78 is 4.63. The van der Waals surface area contributed by atoms with Crippen LogP contribution in [0.1, 0.15) is 13.8 Å². The molecule has 0 saturated carbocycles. The van der Waals surface area contributed by atoms with Gasteiger partial charge in [-0.3, -0.25) is 0 Å². The Hall–Kier alpha value is -0.640. The smallest absolute Gasteiger partial charge is 0.0698 e. The number of ether oxygens (including phenoxy) is 1. The molecule has 0 aliphatic heterocycles. The van der Waals surface area contributed by atoms with Crippen LogP contribution in [0.5, 0.6) is 0 Å². The molecule has 3 heteroatoms. The van der Waals surface area contributed by atoms with E-state index in [1.165, 1.54) is 0 Å². The molecule has 0 amide bonds. The van der Waals surface area contributed by atoms with E-state index < -0.39 is 0 Å². The molecule has 0 unspecified atom stereocenters. The lowest BCUT2D eigenvalue weighted by molar-refractivity contribution is 0.0650. The zero-order chi connectivity index (χ0) is 10.9. The predicted molar refractivity (Wildman–Crippen MR) is 56.7 cm³/mol. The highest BCUT2D eigenvalue weighted by Gasteiger charge is 1.79. The van der Waals surface area contributed by atoms with Gasteiger partial charge in [0.05, 0.1) is 26.4 Å². The number of allylic oxidation sites excluding steroid dienone is 2. The Morgan fingerprint density at radius 1 is 1.00 bits per heavy atom. The van der Waals surface area contributed by atoms with Gasteiger partial charge in [-0.15, -0.1) is 13.2 Å². The fraction of sp³-hybridized carbons (Fsp3) is 0.600. The van der Waals surface area contributed by atoms with E-state index in [0.29, 0.717) is 13.2 Å². The van der Waals surface area contributed by atoms with E-state index in [9.17, 15) is 0 Å². The fourth-order valence-electron chi connectivity index (χ4n) is 0.231. The molecule has 2 N–H and O–H groups in total. The minimum Gasteiger partial charge on any atom is -0.394 e. The number of hydrogen-bond donors (Lipinski definition) is 2. The zero-order valence-corrected chi connectivity index (χ0v) is 8.70. The number of aliphatic hydroxyl groups is 2. The van der Waals surface area contributed by atoms with E-state index in [1.807, 2.05) is 13.8 Å². The maximum Gasteiger partial charge on any atom is 0.0698 e. The molecule has 0 fully saturated rings. The second kappa shape index (κ2) is 30.1. The first-order chi connectivity index (χ1) is 6.24. The number of hydrogen-bond acceptors (Lipinski definition) is 3. The van der Waals surface area contributed by atoms with Crippen molar-refractivity contribution in [3.63, 3.8) is 0 Å². The van der Waals surface area contributed by atoms with Crippen molar-refractivity contribution in [1.82, 2.24) is 0 Å². The monoisotopic (exact) mass is 190 g/mol. The lowest BCUT2D eigenvalue weighted by atomic mass is 10.7. The van der Waals surface area contributed by atoms with Crippen LogP contribution in [0, 0.1) is 0 Å². The number of rotatable bonds is 4. The molecule has 80 valence electrons. The van der Waals surface area contributed by atoms with Crippen LogP contribution in [0.25, 0.3) is 0 Å². The topological polar surface area (TPSA) is 49.7 Å². The van der Waals surface area contributed by atoms with Crippen molar-refractivity contribution in [2.75, 3.05) is 26.4 Å². The molecule has 3 nitrogen and oxygen atoms in total. The summed E-state index contributed by atoms with van der Waals surface area (Å²) in [6.45, 7) is 11.2. The maximum atomic E-state index is 8.09. The molecule has 0 atom stereocenters. The first kappa shape index (κ1) is 18.2. The standard InChI is InChI=1S/C4H10O3.2C3H6/c5-1-3-7-4-2-6;2*1-3-2/h5-6H,1-4H2;2*3H,1H2,2H3. The van der Waals surface area contributed by atoms with Gasteiger partial charge in [-0.05, 0) is 13.8 Å². The van der Waals surface area contributed by atoms with Gasteiger partial charge in [0.15, 0.2) is 0 Å². The van der Waals surface area contributed by atoms with Crippen molar-refractivity contribution in [2.24, 2.45) is 0 Å². The van der Waals surface area contributed by atoms with Crippen LogP contribution in [0.15, 0.2) is 25.3 Å². The molecule has 0 heterocycles. The molecule has 0 bridgehead atoms. The van der Waals surface area contributed by atoms with Gasteiger partial charge in [0.1, 0.15) is 0 Å². The molecule has 0 aliphatic carbocycles. The van der Waals surface area contributed by atoms with Crippen LogP contribution in [-0.4, -0.2) is 36.6 Å². The van der Waals surface area contributed by atoms with Crippen molar-refractivity contribution in [3.8, 4) is 0 Å². The van der Waals surface area contributed by atoms with E-state index in [2.05, 4.69) is 17.9 Å². The summed E-state index contributed by atoms with van der Waals surface area (Å²) in [6.07, 6.45) is 3.50. The lowest BCUT2D eigenvalue weighted by Gasteiger charge is -1.94. The molecule has 0 aromatic rings. The Morgan fingerprint density at radius 2 is 1.23 bits per heavy atom. The second-order valence-corrected chi connectivity index (χ2v) is 1.88. The normalized spacial score (nSPS) is 7.08. The highest BCUT2D eigenvalue weighted by Crippen LogP contribution is 1.68. The minimum absolute atomic E-state index is 0.0278. The second-order valence-electron chi connectivity index (χ2n) is 1.88. The van der Waals surface area contributed by atoms with E-state index in [4.69, 9.17) is 10.2 Å². The van der Waals surface area contributed by atoms with Crippen LogP contribution in [0.4, 0.5) is 0 Å². The Kier molecular flexibility index (Phi) is 42.2. The third kappa shape index (κ3) is 88.2. The van der Waals surface area contributed by atoms with E-state index in [-0.39, 0.29) is 13.2 Å². The van der Waals surface area contributed by atoms with Gasteiger partial charge in [0.2, 0.25) is 0 Å². The average molecular weight is 190 g/mol. The van der Waals surface area contributed by atoms with Gasteiger partial charge in [0.25, 0.3) is 0 Å².